The number of hydrogen-bond donors (Lipinski definition) is 0. The number of fused-ring (bicyclic) bond motifs is 6. The van der Waals surface area contributed by atoms with Gasteiger partial charge in [0.05, 0.1) is 5.41 Å². The largest absolute Gasteiger partial charge is 0.347 e. The van der Waals surface area contributed by atoms with Crippen LogP contribution in [0.15, 0.2) is 119 Å². The highest BCUT2D eigenvalue weighted by Gasteiger charge is 2.44. The zero-order chi connectivity index (χ0) is 30.8. The van der Waals surface area contributed by atoms with E-state index in [2.05, 4.69) is 154 Å². The molecule has 7 rings (SSSR count). The highest BCUT2D eigenvalue weighted by molar-refractivity contribution is 6.30. The molecule has 0 amide bonds. The highest BCUT2D eigenvalue weighted by Crippen LogP contribution is 2.50. The molecule has 0 N–H and O–H groups in total. The van der Waals surface area contributed by atoms with Crippen molar-refractivity contribution in [2.24, 2.45) is 5.92 Å². The normalized spacial score (nSPS) is 21.9. The van der Waals surface area contributed by atoms with Crippen molar-refractivity contribution in [3.8, 4) is 0 Å². The molecule has 0 saturated heterocycles. The monoisotopic (exact) mass is 597 g/mol. The van der Waals surface area contributed by atoms with Crippen LogP contribution in [0.25, 0.3) is 21.5 Å². The Kier molecular flexibility index (Phi) is 6.98. The number of nitrogens with zero attached hydrogens (tertiary/aromatic N) is 2. The van der Waals surface area contributed by atoms with Gasteiger partial charge in [0.1, 0.15) is 7.05 Å². The van der Waals surface area contributed by atoms with E-state index in [4.69, 9.17) is 11.6 Å². The molecule has 4 aromatic carbocycles. The fourth-order valence-corrected chi connectivity index (χ4v) is 8.53. The van der Waals surface area contributed by atoms with E-state index in [1.54, 1.807) is 0 Å². The van der Waals surface area contributed by atoms with Gasteiger partial charge in [0.25, 0.3) is 0 Å². The molecule has 3 heteroatoms. The summed E-state index contributed by atoms with van der Waals surface area (Å²) in [7, 11) is 4.39. The lowest BCUT2D eigenvalue weighted by molar-refractivity contribution is -0.401. The van der Waals surface area contributed by atoms with Gasteiger partial charge in [-0.2, -0.15) is 4.58 Å². The minimum atomic E-state index is -0.0996. The Morgan fingerprint density at radius 3 is 2.20 bits per heavy atom. The van der Waals surface area contributed by atoms with Crippen LogP contribution in [0.4, 0.5) is 11.4 Å². The number of hydrogen-bond acceptors (Lipinski definition) is 1. The molecule has 1 atom stereocenters. The van der Waals surface area contributed by atoms with Gasteiger partial charge in [-0.1, -0.05) is 98.3 Å². The van der Waals surface area contributed by atoms with Crippen molar-refractivity contribution >= 4 is 50.2 Å². The molecule has 44 heavy (non-hydrogen) atoms. The Labute approximate surface area is 267 Å². The summed E-state index contributed by atoms with van der Waals surface area (Å²) in [5.74, 6) is 0.236. The quantitative estimate of drug-likeness (QED) is 0.212. The smallest absolute Gasteiger partial charge is 0.210 e. The van der Waals surface area contributed by atoms with Crippen LogP contribution in [-0.2, 0) is 10.8 Å². The molecule has 2 aliphatic heterocycles. The summed E-state index contributed by atoms with van der Waals surface area (Å²) < 4.78 is 2.36. The zero-order valence-electron chi connectivity index (χ0n) is 26.8. The van der Waals surface area contributed by atoms with Gasteiger partial charge in [-0.15, -0.1) is 0 Å². The summed E-state index contributed by atoms with van der Waals surface area (Å²) in [6, 6.07) is 26.5. The Balaban J connectivity index is 1.16. The third-order valence-corrected chi connectivity index (χ3v) is 10.9. The van der Waals surface area contributed by atoms with Crippen molar-refractivity contribution in [3.63, 3.8) is 0 Å². The van der Waals surface area contributed by atoms with Gasteiger partial charge in [0, 0.05) is 52.5 Å². The van der Waals surface area contributed by atoms with Crippen LogP contribution in [0.1, 0.15) is 58.1 Å². The molecule has 222 valence electrons. The molecule has 0 aromatic heterocycles. The van der Waals surface area contributed by atoms with Crippen LogP contribution in [0.5, 0.6) is 0 Å². The Hall–Kier alpha value is -3.88. The van der Waals surface area contributed by atoms with Gasteiger partial charge in [-0.25, -0.2) is 0 Å². The fraction of sp³-hybridized carbons (Fsp3) is 0.293. The summed E-state index contributed by atoms with van der Waals surface area (Å²) in [6.07, 6.45) is 14.7. The van der Waals surface area contributed by atoms with Crippen LogP contribution < -0.4 is 4.90 Å². The van der Waals surface area contributed by atoms with Crippen LogP contribution in [0.3, 0.4) is 0 Å². The molecule has 0 saturated carbocycles. The summed E-state index contributed by atoms with van der Waals surface area (Å²) >= 11 is 7.15. The number of anilines is 1. The van der Waals surface area contributed by atoms with E-state index in [1.807, 2.05) is 0 Å². The molecule has 3 aliphatic rings. The zero-order valence-corrected chi connectivity index (χ0v) is 27.5. The predicted molar refractivity (Wildman–Crippen MR) is 190 cm³/mol. The van der Waals surface area contributed by atoms with Gasteiger partial charge < -0.3 is 4.90 Å². The van der Waals surface area contributed by atoms with E-state index in [1.165, 1.54) is 61.0 Å². The summed E-state index contributed by atoms with van der Waals surface area (Å²) in [4.78, 5) is 2.36. The first-order chi connectivity index (χ1) is 21.1. The van der Waals surface area contributed by atoms with Gasteiger partial charge >= 0.3 is 0 Å². The van der Waals surface area contributed by atoms with Crippen molar-refractivity contribution in [1.29, 1.82) is 0 Å². The minimum Gasteiger partial charge on any atom is -0.347 e. The number of rotatable bonds is 4. The molecular formula is C41H42ClN2+. The maximum absolute atomic E-state index is 7.15. The Bertz CT molecular complexity index is 1980. The van der Waals surface area contributed by atoms with Crippen LogP contribution in [0.2, 0.25) is 0 Å². The SMILES string of the molecule is CN1/C(=C/C=C/C2CCCC(/C=C/C3=[N+](C)c4ccc5ccccc5c4C3(C)C)=C2Cl)C(C)(C)c2c1ccc1ccccc21. The van der Waals surface area contributed by atoms with Gasteiger partial charge in [0.15, 0.2) is 5.71 Å². The lowest BCUT2D eigenvalue weighted by Gasteiger charge is -2.24. The maximum Gasteiger partial charge on any atom is 0.210 e. The molecule has 0 spiro atoms. The average Bonchev–Trinajstić information content (AvgIpc) is 3.34. The number of halogens is 1. The highest BCUT2D eigenvalue weighted by atomic mass is 35.5. The van der Waals surface area contributed by atoms with E-state index in [9.17, 15) is 0 Å². The maximum atomic E-state index is 7.15. The van der Waals surface area contributed by atoms with Crippen molar-refractivity contribution in [1.82, 2.24) is 0 Å². The molecule has 0 bridgehead atoms. The first kappa shape index (κ1) is 28.9. The summed E-state index contributed by atoms with van der Waals surface area (Å²) in [6.45, 7) is 9.39. The second-order valence-electron chi connectivity index (χ2n) is 13.8. The van der Waals surface area contributed by atoms with Crippen molar-refractivity contribution in [2.45, 2.75) is 57.8 Å². The number of allylic oxidation sites excluding steroid dienone is 8. The van der Waals surface area contributed by atoms with Crippen molar-refractivity contribution in [3.05, 3.63) is 131 Å². The number of benzene rings is 4. The third kappa shape index (κ3) is 4.41. The standard InChI is InChI=1S/C41H42ClN2/c1-40(2)35(43(5)33-24-21-27-13-7-9-18-31(27)37(33)40)20-12-17-29-15-11-16-30(39(29)42)23-26-36-41(3,4)38-32-19-10-8-14-28(32)22-25-34(38)44(36)6/h7-10,12-14,17-26,29H,11,15-16H2,1-6H3/q+1/b17-12+,26-23+,35-20+. The first-order valence-electron chi connectivity index (χ1n) is 16.0. The number of likely N-dealkylation sites (N-methyl/N-ethyl adjacent to an activating group) is 1. The van der Waals surface area contributed by atoms with Crippen LogP contribution in [0, 0.1) is 5.92 Å². The molecule has 4 aromatic rings. The summed E-state index contributed by atoms with van der Waals surface area (Å²) in [5, 5.41) is 6.26. The Morgan fingerprint density at radius 2 is 1.48 bits per heavy atom. The van der Waals surface area contributed by atoms with Gasteiger partial charge in [0.2, 0.25) is 5.69 Å². The van der Waals surface area contributed by atoms with E-state index in [0.717, 1.165) is 24.3 Å². The van der Waals surface area contributed by atoms with E-state index in [-0.39, 0.29) is 16.7 Å². The molecule has 0 radical (unpaired) electrons. The molecular weight excluding hydrogens is 556 g/mol. The molecule has 1 unspecified atom stereocenters. The second-order valence-corrected chi connectivity index (χ2v) is 14.2. The van der Waals surface area contributed by atoms with E-state index in [0.29, 0.717) is 0 Å². The lowest BCUT2D eigenvalue weighted by atomic mass is 9.78. The van der Waals surface area contributed by atoms with Crippen LogP contribution >= 0.6 is 11.6 Å². The summed E-state index contributed by atoms with van der Waals surface area (Å²) in [5.41, 5.74) is 9.10. The second kappa shape index (κ2) is 10.6. The lowest BCUT2D eigenvalue weighted by Crippen LogP contribution is -2.27. The van der Waals surface area contributed by atoms with E-state index >= 15 is 0 Å². The van der Waals surface area contributed by atoms with Crippen LogP contribution in [-0.4, -0.2) is 24.4 Å². The van der Waals surface area contributed by atoms with Gasteiger partial charge in [-0.3, -0.25) is 0 Å². The molecule has 2 heterocycles. The van der Waals surface area contributed by atoms with Crippen molar-refractivity contribution in [2.75, 3.05) is 19.0 Å². The molecule has 1 aliphatic carbocycles. The van der Waals surface area contributed by atoms with Crippen molar-refractivity contribution < 1.29 is 4.58 Å². The molecule has 2 nitrogen and oxygen atoms in total. The minimum absolute atomic E-state index is 0.0877. The Morgan fingerprint density at radius 1 is 0.818 bits per heavy atom. The topological polar surface area (TPSA) is 6.25 Å². The average molecular weight is 598 g/mol. The fourth-order valence-electron chi connectivity index (χ4n) is 8.19. The predicted octanol–water partition coefficient (Wildman–Crippen LogP) is 10.7. The first-order valence-corrected chi connectivity index (χ1v) is 16.3. The van der Waals surface area contributed by atoms with E-state index < -0.39 is 0 Å². The van der Waals surface area contributed by atoms with Gasteiger partial charge in [-0.05, 0) is 84.0 Å². The third-order valence-electron chi connectivity index (χ3n) is 10.4. The molecule has 0 fully saturated rings.